The molecule has 1 aromatic carbocycles. The fourth-order valence-corrected chi connectivity index (χ4v) is 3.31. The van der Waals surface area contributed by atoms with Crippen molar-refractivity contribution in [1.29, 1.82) is 0 Å². The molecular weight excluding hydrogens is 372 g/mol. The molecular formula is C19H24N8O2. The highest BCUT2D eigenvalue weighted by molar-refractivity contribution is 5.76. The van der Waals surface area contributed by atoms with Crippen molar-refractivity contribution >= 4 is 5.91 Å². The predicted molar refractivity (Wildman–Crippen MR) is 103 cm³/mol. The lowest BCUT2D eigenvalue weighted by molar-refractivity contribution is -0.122. The first-order valence-electron chi connectivity index (χ1n) is 9.65. The van der Waals surface area contributed by atoms with Gasteiger partial charge in [0.1, 0.15) is 6.54 Å². The number of nitrogens with one attached hydrogen (secondary N) is 1. The van der Waals surface area contributed by atoms with Gasteiger partial charge in [0.15, 0.2) is 5.82 Å². The number of ether oxygens (including phenoxy) is 1. The van der Waals surface area contributed by atoms with Crippen molar-refractivity contribution in [1.82, 2.24) is 40.2 Å². The van der Waals surface area contributed by atoms with Crippen LogP contribution in [0.2, 0.25) is 0 Å². The summed E-state index contributed by atoms with van der Waals surface area (Å²) in [6.45, 7) is 4.27. The van der Waals surface area contributed by atoms with Gasteiger partial charge in [-0.2, -0.15) is 5.10 Å². The maximum Gasteiger partial charge on any atom is 0.242 e. The minimum Gasteiger partial charge on any atom is -0.379 e. The Morgan fingerprint density at radius 3 is 2.76 bits per heavy atom. The Bertz CT molecular complexity index is 890. The molecule has 1 atom stereocenters. The normalized spacial score (nSPS) is 15.9. The van der Waals surface area contributed by atoms with Gasteiger partial charge >= 0.3 is 0 Å². The van der Waals surface area contributed by atoms with Crippen LogP contribution in [0.3, 0.4) is 0 Å². The van der Waals surface area contributed by atoms with Gasteiger partial charge in [0.2, 0.25) is 5.91 Å². The summed E-state index contributed by atoms with van der Waals surface area (Å²) in [7, 11) is 0. The number of carbonyl (C=O) groups is 1. The lowest BCUT2D eigenvalue weighted by Gasteiger charge is -2.25. The molecule has 1 amide bonds. The third-order valence-electron chi connectivity index (χ3n) is 4.83. The molecule has 2 aromatic heterocycles. The van der Waals surface area contributed by atoms with Crippen LogP contribution in [0.4, 0.5) is 0 Å². The molecule has 29 heavy (non-hydrogen) atoms. The molecule has 3 heterocycles. The summed E-state index contributed by atoms with van der Waals surface area (Å²) in [5.41, 5.74) is 1.02. The lowest BCUT2D eigenvalue weighted by Crippen LogP contribution is -2.37. The molecule has 0 saturated carbocycles. The highest BCUT2D eigenvalue weighted by atomic mass is 16.5. The van der Waals surface area contributed by atoms with E-state index in [2.05, 4.69) is 30.8 Å². The van der Waals surface area contributed by atoms with Gasteiger partial charge in [0.25, 0.3) is 0 Å². The zero-order valence-corrected chi connectivity index (χ0v) is 16.1. The van der Waals surface area contributed by atoms with Gasteiger partial charge in [-0.25, -0.2) is 4.68 Å². The minimum atomic E-state index is -0.206. The van der Waals surface area contributed by atoms with Crippen molar-refractivity contribution in [3.8, 4) is 0 Å². The van der Waals surface area contributed by atoms with E-state index in [4.69, 9.17) is 4.74 Å². The Morgan fingerprint density at radius 1 is 1.17 bits per heavy atom. The van der Waals surface area contributed by atoms with E-state index >= 15 is 0 Å². The number of hydrogen-bond acceptors (Lipinski definition) is 7. The summed E-state index contributed by atoms with van der Waals surface area (Å²) in [6, 6.07) is 11.5. The molecule has 10 nitrogen and oxygen atoms in total. The third-order valence-corrected chi connectivity index (χ3v) is 4.83. The van der Waals surface area contributed by atoms with E-state index in [1.807, 2.05) is 42.6 Å². The van der Waals surface area contributed by atoms with Gasteiger partial charge in [-0.05, 0) is 22.1 Å². The minimum absolute atomic E-state index is 0.0646. The Kier molecular flexibility index (Phi) is 6.22. The second kappa shape index (κ2) is 9.39. The van der Waals surface area contributed by atoms with E-state index in [1.165, 1.54) is 0 Å². The molecule has 152 valence electrons. The number of amides is 1. The number of carbonyl (C=O) groups excluding carboxylic acids is 1. The number of nitrogens with zero attached hydrogens (tertiary/aromatic N) is 7. The predicted octanol–water partition coefficient (Wildman–Crippen LogP) is 0.260. The molecule has 1 unspecified atom stereocenters. The number of benzene rings is 1. The van der Waals surface area contributed by atoms with E-state index in [0.717, 1.165) is 18.7 Å². The third kappa shape index (κ3) is 5.24. The van der Waals surface area contributed by atoms with E-state index in [0.29, 0.717) is 32.1 Å². The average Bonchev–Trinajstić information content (AvgIpc) is 3.41. The standard InChI is InChI=1S/C19H24N8O2/c28-19(15-27-18(22-23-24-27)14-25-9-11-29-12-10-25)21-17(13-26-8-4-7-20-26)16-5-2-1-3-6-16/h1-8,17H,9-15H2,(H,21,28). The van der Waals surface area contributed by atoms with Crippen LogP contribution in [-0.4, -0.2) is 67.1 Å². The SMILES string of the molecule is O=C(Cn1nnnc1CN1CCOCC1)NC(Cn1cccn1)c1ccccc1. The second-order valence-electron chi connectivity index (χ2n) is 6.90. The van der Waals surface area contributed by atoms with Crippen molar-refractivity contribution in [3.05, 3.63) is 60.2 Å². The zero-order chi connectivity index (χ0) is 19.9. The zero-order valence-electron chi connectivity index (χ0n) is 16.1. The van der Waals surface area contributed by atoms with Crippen molar-refractivity contribution in [2.24, 2.45) is 0 Å². The number of aromatic nitrogens is 6. The first kappa shape index (κ1) is 19.2. The van der Waals surface area contributed by atoms with Gasteiger partial charge in [0, 0.05) is 25.5 Å². The summed E-state index contributed by atoms with van der Waals surface area (Å²) >= 11 is 0. The van der Waals surface area contributed by atoms with Crippen molar-refractivity contribution in [3.63, 3.8) is 0 Å². The van der Waals surface area contributed by atoms with Gasteiger partial charge in [-0.15, -0.1) is 5.10 Å². The van der Waals surface area contributed by atoms with E-state index in [1.54, 1.807) is 15.6 Å². The van der Waals surface area contributed by atoms with Crippen LogP contribution < -0.4 is 5.32 Å². The summed E-state index contributed by atoms with van der Waals surface area (Å²) in [4.78, 5) is 15.0. The molecule has 1 aliphatic rings. The van der Waals surface area contributed by atoms with Crippen LogP contribution >= 0.6 is 0 Å². The average molecular weight is 396 g/mol. The highest BCUT2D eigenvalue weighted by Crippen LogP contribution is 2.15. The molecule has 4 rings (SSSR count). The number of rotatable bonds is 8. The van der Waals surface area contributed by atoms with Crippen LogP contribution in [0.25, 0.3) is 0 Å². The number of morpholine rings is 1. The molecule has 1 aliphatic heterocycles. The Hall–Kier alpha value is -3.11. The van der Waals surface area contributed by atoms with Gasteiger partial charge < -0.3 is 10.1 Å². The van der Waals surface area contributed by atoms with Crippen molar-refractivity contribution < 1.29 is 9.53 Å². The largest absolute Gasteiger partial charge is 0.379 e. The molecule has 3 aromatic rings. The molecule has 10 heteroatoms. The van der Waals surface area contributed by atoms with Gasteiger partial charge in [-0.3, -0.25) is 14.4 Å². The summed E-state index contributed by atoms with van der Waals surface area (Å²) in [5, 5.41) is 19.2. The van der Waals surface area contributed by atoms with E-state index < -0.39 is 0 Å². The van der Waals surface area contributed by atoms with Crippen LogP contribution in [0.5, 0.6) is 0 Å². The number of hydrogen-bond donors (Lipinski definition) is 1. The van der Waals surface area contributed by atoms with Crippen LogP contribution in [-0.2, 0) is 29.2 Å². The van der Waals surface area contributed by atoms with Crippen LogP contribution in [0, 0.1) is 0 Å². The Morgan fingerprint density at radius 2 is 2.00 bits per heavy atom. The van der Waals surface area contributed by atoms with E-state index in [9.17, 15) is 4.79 Å². The van der Waals surface area contributed by atoms with Crippen LogP contribution in [0.1, 0.15) is 17.4 Å². The van der Waals surface area contributed by atoms with Gasteiger partial charge in [0.05, 0.1) is 32.3 Å². The second-order valence-corrected chi connectivity index (χ2v) is 6.90. The molecule has 0 radical (unpaired) electrons. The molecule has 1 N–H and O–H groups in total. The topological polar surface area (TPSA) is 103 Å². The molecule has 1 saturated heterocycles. The summed E-state index contributed by atoms with van der Waals surface area (Å²) in [5.74, 6) is 0.520. The first-order valence-corrected chi connectivity index (χ1v) is 9.65. The maximum absolute atomic E-state index is 12.8. The molecule has 0 aliphatic carbocycles. The fourth-order valence-electron chi connectivity index (χ4n) is 3.31. The van der Waals surface area contributed by atoms with Crippen LogP contribution in [0.15, 0.2) is 48.8 Å². The quantitative estimate of drug-likeness (QED) is 0.582. The smallest absolute Gasteiger partial charge is 0.242 e. The monoisotopic (exact) mass is 396 g/mol. The van der Waals surface area contributed by atoms with E-state index in [-0.39, 0.29) is 18.5 Å². The van der Waals surface area contributed by atoms with Crippen molar-refractivity contribution in [2.45, 2.75) is 25.7 Å². The number of tetrazole rings is 1. The Balaban J connectivity index is 1.41. The fraction of sp³-hybridized carbons (Fsp3) is 0.421. The van der Waals surface area contributed by atoms with Gasteiger partial charge in [-0.1, -0.05) is 30.3 Å². The molecule has 0 spiro atoms. The lowest BCUT2D eigenvalue weighted by atomic mass is 10.1. The molecule has 1 fully saturated rings. The summed E-state index contributed by atoms with van der Waals surface area (Å²) < 4.78 is 8.73. The summed E-state index contributed by atoms with van der Waals surface area (Å²) in [6.07, 6.45) is 3.60. The highest BCUT2D eigenvalue weighted by Gasteiger charge is 2.19. The Labute approximate surface area is 168 Å². The maximum atomic E-state index is 12.8. The first-order chi connectivity index (χ1) is 14.3. The molecule has 0 bridgehead atoms. The van der Waals surface area contributed by atoms with Crippen molar-refractivity contribution in [2.75, 3.05) is 26.3 Å².